The van der Waals surface area contributed by atoms with Crippen LogP contribution in [0.25, 0.3) is 0 Å². The molecule has 0 aliphatic carbocycles. The summed E-state index contributed by atoms with van der Waals surface area (Å²) in [7, 11) is 0. The lowest BCUT2D eigenvalue weighted by molar-refractivity contribution is -0.193. The standard InChI is InChI=1S/C18H23N3OS.3C2HF3O2/c1-3-15(10-19-5-1)14-22-17-9-16-11-20(6-7-21(16)12-17)13-18-4-2-8-23-18;3*3-2(4,5)1(6)7/h1-5,8,10,16-17H,6-7,9,11-14H2;3*(H,6,7)/t16-,17+;;;/m1.../s1. The molecule has 0 spiro atoms. The second-order valence-corrected chi connectivity index (χ2v) is 9.93. The third kappa shape index (κ3) is 15.3. The number of thiophene rings is 1. The molecule has 2 aliphatic rings. The van der Waals surface area contributed by atoms with E-state index >= 15 is 0 Å². The number of carboxylic acids is 3. The number of rotatable bonds is 5. The summed E-state index contributed by atoms with van der Waals surface area (Å²) in [6.07, 6.45) is -10.0. The summed E-state index contributed by atoms with van der Waals surface area (Å²) in [5.41, 5.74) is 1.16. The van der Waals surface area contributed by atoms with Gasteiger partial charge in [-0.3, -0.25) is 14.8 Å². The molecular weight excluding hydrogens is 645 g/mol. The summed E-state index contributed by atoms with van der Waals surface area (Å²) >= 11 is 1.86. The van der Waals surface area contributed by atoms with Crippen LogP contribution in [0.4, 0.5) is 39.5 Å². The van der Waals surface area contributed by atoms with E-state index in [2.05, 4.69) is 38.4 Å². The summed E-state index contributed by atoms with van der Waals surface area (Å²) in [5, 5.41) is 23.5. The minimum atomic E-state index is -5.08. The lowest BCUT2D eigenvalue weighted by Crippen LogP contribution is -2.49. The second-order valence-electron chi connectivity index (χ2n) is 8.90. The second kappa shape index (κ2) is 17.1. The number of piperazine rings is 1. The van der Waals surface area contributed by atoms with E-state index in [1.165, 1.54) is 24.5 Å². The molecule has 0 radical (unpaired) electrons. The van der Waals surface area contributed by atoms with Crippen LogP contribution in [0.5, 0.6) is 0 Å². The zero-order valence-corrected chi connectivity index (χ0v) is 23.1. The van der Waals surface area contributed by atoms with E-state index in [1.807, 2.05) is 29.8 Å². The Bertz CT molecular complexity index is 1110. The number of carboxylic acid groups (broad SMARTS) is 3. The number of alkyl halides is 9. The van der Waals surface area contributed by atoms with Crippen LogP contribution in [-0.2, 0) is 32.3 Å². The fraction of sp³-hybridized carbons (Fsp3) is 0.500. The highest BCUT2D eigenvalue weighted by atomic mass is 32.1. The van der Waals surface area contributed by atoms with Crippen molar-refractivity contribution in [3.05, 3.63) is 52.5 Å². The van der Waals surface area contributed by atoms with Crippen LogP contribution in [0, 0.1) is 0 Å². The molecule has 2 aromatic heterocycles. The van der Waals surface area contributed by atoms with Crippen molar-refractivity contribution in [2.24, 2.45) is 0 Å². The van der Waals surface area contributed by atoms with Gasteiger partial charge < -0.3 is 20.1 Å². The van der Waals surface area contributed by atoms with Crippen LogP contribution in [0.1, 0.15) is 16.9 Å². The molecule has 2 atom stereocenters. The Balaban J connectivity index is 0.000000379. The predicted octanol–water partition coefficient (Wildman–Crippen LogP) is 4.52. The summed E-state index contributed by atoms with van der Waals surface area (Å²) in [5.74, 6) is -8.27. The molecule has 20 heteroatoms. The fourth-order valence-electron chi connectivity index (χ4n) is 3.65. The largest absolute Gasteiger partial charge is 0.490 e. The van der Waals surface area contributed by atoms with Crippen molar-refractivity contribution in [2.45, 2.75) is 50.2 Å². The highest BCUT2D eigenvalue weighted by Gasteiger charge is 2.39. The Morgan fingerprint density at radius 1 is 0.864 bits per heavy atom. The van der Waals surface area contributed by atoms with Gasteiger partial charge in [0.25, 0.3) is 0 Å². The highest BCUT2D eigenvalue weighted by molar-refractivity contribution is 7.09. The van der Waals surface area contributed by atoms with E-state index in [-0.39, 0.29) is 0 Å². The Morgan fingerprint density at radius 2 is 1.41 bits per heavy atom. The molecular formula is C24H26F9N3O7S. The number of pyridine rings is 1. The Morgan fingerprint density at radius 3 is 1.84 bits per heavy atom. The Kier molecular flexibility index (Phi) is 15.0. The zero-order chi connectivity index (χ0) is 33.7. The predicted molar refractivity (Wildman–Crippen MR) is 133 cm³/mol. The molecule has 2 fully saturated rings. The van der Waals surface area contributed by atoms with E-state index in [1.54, 1.807) is 0 Å². The van der Waals surface area contributed by atoms with Gasteiger partial charge in [0.2, 0.25) is 0 Å². The van der Waals surface area contributed by atoms with Crippen molar-refractivity contribution in [2.75, 3.05) is 26.2 Å². The molecule has 3 N–H and O–H groups in total. The van der Waals surface area contributed by atoms with Gasteiger partial charge in [0, 0.05) is 56.0 Å². The first-order valence-electron chi connectivity index (χ1n) is 12.1. The van der Waals surface area contributed by atoms with Gasteiger partial charge in [0.1, 0.15) is 0 Å². The van der Waals surface area contributed by atoms with E-state index in [0.717, 1.165) is 25.1 Å². The molecule has 2 aliphatic heterocycles. The smallest absolute Gasteiger partial charge is 0.475 e. The Labute approximate surface area is 247 Å². The van der Waals surface area contributed by atoms with Crippen molar-refractivity contribution >= 4 is 29.2 Å². The molecule has 248 valence electrons. The molecule has 10 nitrogen and oxygen atoms in total. The third-order valence-electron chi connectivity index (χ3n) is 5.56. The molecule has 44 heavy (non-hydrogen) atoms. The third-order valence-corrected chi connectivity index (χ3v) is 6.42. The average Bonchev–Trinajstić information content (AvgIpc) is 3.57. The minimum absolute atomic E-state index is 0.363. The van der Waals surface area contributed by atoms with Crippen LogP contribution in [0.3, 0.4) is 0 Å². The highest BCUT2D eigenvalue weighted by Crippen LogP contribution is 2.26. The van der Waals surface area contributed by atoms with Crippen LogP contribution in [-0.4, -0.2) is 105 Å². The Hall–Kier alpha value is -3.49. The van der Waals surface area contributed by atoms with Gasteiger partial charge in [-0.05, 0) is 29.5 Å². The summed E-state index contributed by atoms with van der Waals surface area (Å²) in [6, 6.07) is 9.10. The average molecular weight is 672 g/mol. The van der Waals surface area contributed by atoms with Crippen molar-refractivity contribution < 1.29 is 74.0 Å². The van der Waals surface area contributed by atoms with Gasteiger partial charge in [-0.1, -0.05) is 12.1 Å². The molecule has 2 aromatic rings. The van der Waals surface area contributed by atoms with Crippen LogP contribution >= 0.6 is 11.3 Å². The fourth-order valence-corrected chi connectivity index (χ4v) is 4.39. The molecule has 0 amide bonds. The van der Waals surface area contributed by atoms with E-state index < -0.39 is 36.4 Å². The molecule has 0 bridgehead atoms. The maximum atomic E-state index is 10.6. The molecule has 2 saturated heterocycles. The molecule has 0 unspecified atom stereocenters. The SMILES string of the molecule is O=C(O)C(F)(F)F.O=C(O)C(F)(F)F.O=C(O)C(F)(F)F.c1cncc(CO[C@H]2C[C@@H]3CN(Cc4cccs4)CCN3C2)c1. The van der Waals surface area contributed by atoms with Crippen LogP contribution in [0.2, 0.25) is 0 Å². The van der Waals surface area contributed by atoms with Gasteiger partial charge >= 0.3 is 36.4 Å². The number of hydrogen-bond acceptors (Lipinski definition) is 8. The maximum Gasteiger partial charge on any atom is 0.490 e. The van der Waals surface area contributed by atoms with Crippen molar-refractivity contribution in [1.29, 1.82) is 0 Å². The van der Waals surface area contributed by atoms with E-state index in [9.17, 15) is 39.5 Å². The number of aromatic nitrogens is 1. The van der Waals surface area contributed by atoms with E-state index in [0.29, 0.717) is 18.8 Å². The van der Waals surface area contributed by atoms with Crippen molar-refractivity contribution in [3.63, 3.8) is 0 Å². The monoisotopic (exact) mass is 671 g/mol. The number of ether oxygens (including phenoxy) is 1. The molecule has 4 rings (SSSR count). The van der Waals surface area contributed by atoms with Crippen molar-refractivity contribution in [3.8, 4) is 0 Å². The summed E-state index contributed by atoms with van der Waals surface area (Å²) in [4.78, 5) is 37.5. The van der Waals surface area contributed by atoms with Crippen LogP contribution in [0.15, 0.2) is 42.0 Å². The van der Waals surface area contributed by atoms with E-state index in [4.69, 9.17) is 34.4 Å². The number of carbonyl (C=O) groups is 3. The number of halogens is 9. The number of fused-ring (bicyclic) bond motifs is 1. The molecule has 0 saturated carbocycles. The summed E-state index contributed by atoms with van der Waals surface area (Å²) in [6.45, 7) is 6.37. The number of hydrogen-bond donors (Lipinski definition) is 3. The lowest BCUT2D eigenvalue weighted by atomic mass is 10.1. The van der Waals surface area contributed by atoms with Crippen LogP contribution < -0.4 is 0 Å². The zero-order valence-electron chi connectivity index (χ0n) is 22.3. The molecule has 0 aromatic carbocycles. The first-order chi connectivity index (χ1) is 20.2. The van der Waals surface area contributed by atoms with Crippen molar-refractivity contribution in [1.82, 2.24) is 14.8 Å². The maximum absolute atomic E-state index is 10.6. The van der Waals surface area contributed by atoms with Gasteiger partial charge in [0.15, 0.2) is 0 Å². The number of aliphatic carboxylic acids is 3. The first-order valence-corrected chi connectivity index (χ1v) is 13.0. The van der Waals surface area contributed by atoms with Gasteiger partial charge in [0.05, 0.1) is 12.7 Å². The molecule has 4 heterocycles. The topological polar surface area (TPSA) is 140 Å². The van der Waals surface area contributed by atoms with Gasteiger partial charge in [-0.15, -0.1) is 11.3 Å². The quantitative estimate of drug-likeness (QED) is 0.389. The van der Waals surface area contributed by atoms with Gasteiger partial charge in [-0.2, -0.15) is 39.5 Å². The normalized spacial score (nSPS) is 18.8. The lowest BCUT2D eigenvalue weighted by Gasteiger charge is -2.37. The summed E-state index contributed by atoms with van der Waals surface area (Å²) < 4.78 is 101. The minimum Gasteiger partial charge on any atom is -0.475 e. The van der Waals surface area contributed by atoms with Gasteiger partial charge in [-0.25, -0.2) is 14.4 Å². The first kappa shape index (κ1) is 38.5. The number of nitrogens with zero attached hydrogens (tertiary/aromatic N) is 3.